The van der Waals surface area contributed by atoms with Gasteiger partial charge in [0.25, 0.3) is 5.91 Å². The van der Waals surface area contributed by atoms with Crippen molar-refractivity contribution in [3.8, 4) is 9.88 Å². The molecule has 3 rings (SSSR count). The minimum atomic E-state index is -0.361. The number of nitrogens with one attached hydrogen (secondary N) is 2. The monoisotopic (exact) mass is 449 g/mol. The summed E-state index contributed by atoms with van der Waals surface area (Å²) < 4.78 is 0.988. The maximum atomic E-state index is 12.2. The van der Waals surface area contributed by atoms with Crippen molar-refractivity contribution in [2.75, 3.05) is 11.9 Å². The first-order valence-electron chi connectivity index (χ1n) is 7.78. The summed E-state index contributed by atoms with van der Waals surface area (Å²) in [5.74, 6) is -0.631. The van der Waals surface area contributed by atoms with E-state index in [-0.39, 0.29) is 18.4 Å². The standard InChI is InChI=1S/C18H16BrN3O2S2/c1-10-4-3-5-11(2)16(10)22-15(23)7-20-17(24)13-9-26-18(21-13)14-6-12(19)8-25-14/h3-6,8-9H,7H2,1-2H3,(H,20,24)(H,22,23). The van der Waals surface area contributed by atoms with E-state index in [1.54, 1.807) is 16.7 Å². The molecule has 3 aromatic rings. The van der Waals surface area contributed by atoms with Crippen LogP contribution < -0.4 is 10.6 Å². The lowest BCUT2D eigenvalue weighted by Crippen LogP contribution is -2.33. The van der Waals surface area contributed by atoms with Gasteiger partial charge in [-0.25, -0.2) is 4.98 Å². The molecule has 0 aliphatic carbocycles. The molecule has 2 aromatic heterocycles. The fraction of sp³-hybridized carbons (Fsp3) is 0.167. The van der Waals surface area contributed by atoms with E-state index in [1.165, 1.54) is 11.3 Å². The lowest BCUT2D eigenvalue weighted by atomic mass is 10.1. The molecule has 8 heteroatoms. The number of benzene rings is 1. The molecule has 0 spiro atoms. The first kappa shape index (κ1) is 18.8. The third-order valence-electron chi connectivity index (χ3n) is 3.67. The van der Waals surface area contributed by atoms with Gasteiger partial charge >= 0.3 is 0 Å². The number of thiazole rings is 1. The van der Waals surface area contributed by atoms with Crippen LogP contribution >= 0.6 is 38.6 Å². The van der Waals surface area contributed by atoms with E-state index in [2.05, 4.69) is 31.5 Å². The molecule has 2 heterocycles. The molecule has 0 unspecified atom stereocenters. The fourth-order valence-corrected chi connectivity index (χ4v) is 4.67. The van der Waals surface area contributed by atoms with Gasteiger partial charge in [0.1, 0.15) is 10.7 Å². The van der Waals surface area contributed by atoms with Crippen molar-refractivity contribution in [1.29, 1.82) is 0 Å². The molecule has 0 fully saturated rings. The summed E-state index contributed by atoms with van der Waals surface area (Å²) in [6.07, 6.45) is 0. The topological polar surface area (TPSA) is 71.1 Å². The zero-order valence-corrected chi connectivity index (χ0v) is 17.3. The Hall–Kier alpha value is -2.03. The number of anilines is 1. The Labute approximate surface area is 167 Å². The van der Waals surface area contributed by atoms with Crippen molar-refractivity contribution in [1.82, 2.24) is 10.3 Å². The minimum absolute atomic E-state index is 0.107. The molecule has 5 nitrogen and oxygen atoms in total. The second-order valence-corrected chi connectivity index (χ2v) is 8.35. The van der Waals surface area contributed by atoms with Gasteiger partial charge in [0.2, 0.25) is 5.91 Å². The molecule has 26 heavy (non-hydrogen) atoms. The Morgan fingerprint density at radius 1 is 1.15 bits per heavy atom. The van der Waals surface area contributed by atoms with Crippen LogP contribution in [0.1, 0.15) is 21.6 Å². The number of halogens is 1. The smallest absolute Gasteiger partial charge is 0.271 e. The second-order valence-electron chi connectivity index (χ2n) is 5.66. The summed E-state index contributed by atoms with van der Waals surface area (Å²) in [4.78, 5) is 29.7. The van der Waals surface area contributed by atoms with Gasteiger partial charge in [0, 0.05) is 20.9 Å². The average molecular weight is 450 g/mol. The maximum absolute atomic E-state index is 12.2. The van der Waals surface area contributed by atoms with Crippen LogP contribution in [-0.4, -0.2) is 23.3 Å². The summed E-state index contributed by atoms with van der Waals surface area (Å²) in [6.45, 7) is 3.76. The molecule has 2 N–H and O–H groups in total. The van der Waals surface area contributed by atoms with Gasteiger partial charge in [0.15, 0.2) is 0 Å². The van der Waals surface area contributed by atoms with E-state index in [0.717, 1.165) is 31.2 Å². The van der Waals surface area contributed by atoms with E-state index in [9.17, 15) is 9.59 Å². The highest BCUT2D eigenvalue weighted by Gasteiger charge is 2.14. The molecule has 0 aliphatic heterocycles. The minimum Gasteiger partial charge on any atom is -0.342 e. The Kier molecular flexibility index (Phi) is 5.85. The number of nitrogens with zero attached hydrogens (tertiary/aromatic N) is 1. The highest BCUT2D eigenvalue weighted by molar-refractivity contribution is 9.10. The first-order valence-corrected chi connectivity index (χ1v) is 10.3. The summed E-state index contributed by atoms with van der Waals surface area (Å²) in [6, 6.07) is 7.76. The molecule has 0 radical (unpaired) electrons. The number of thiophene rings is 1. The van der Waals surface area contributed by atoms with Gasteiger partial charge in [-0.05, 0) is 47.0 Å². The zero-order valence-electron chi connectivity index (χ0n) is 14.1. The predicted octanol–water partition coefficient (Wildman–Crippen LogP) is 4.62. The van der Waals surface area contributed by atoms with Crippen molar-refractivity contribution in [3.63, 3.8) is 0 Å². The molecule has 1 aromatic carbocycles. The van der Waals surface area contributed by atoms with Crippen molar-refractivity contribution in [2.24, 2.45) is 0 Å². The SMILES string of the molecule is Cc1cccc(C)c1NC(=O)CNC(=O)c1csc(-c2cc(Br)cs2)n1. The molecule has 2 amide bonds. The van der Waals surface area contributed by atoms with Crippen LogP contribution in [0.4, 0.5) is 5.69 Å². The zero-order chi connectivity index (χ0) is 18.7. The highest BCUT2D eigenvalue weighted by atomic mass is 79.9. The van der Waals surface area contributed by atoms with Crippen LogP contribution in [0.25, 0.3) is 9.88 Å². The fourth-order valence-electron chi connectivity index (χ4n) is 2.36. The number of carbonyl (C=O) groups is 2. The lowest BCUT2D eigenvalue weighted by Gasteiger charge is -2.11. The molecular weight excluding hydrogens is 434 g/mol. The molecule has 0 aliphatic rings. The molecular formula is C18H16BrN3O2S2. The molecule has 0 bridgehead atoms. The van der Waals surface area contributed by atoms with Gasteiger partial charge in [-0.2, -0.15) is 0 Å². The number of amides is 2. The van der Waals surface area contributed by atoms with E-state index in [1.807, 2.05) is 43.5 Å². The Bertz CT molecular complexity index is 945. The summed E-state index contributed by atoms with van der Waals surface area (Å²) >= 11 is 6.36. The Balaban J connectivity index is 1.59. The number of hydrogen-bond donors (Lipinski definition) is 2. The van der Waals surface area contributed by atoms with Crippen LogP contribution in [0.5, 0.6) is 0 Å². The van der Waals surface area contributed by atoms with Gasteiger partial charge < -0.3 is 10.6 Å². The number of aryl methyl sites for hydroxylation is 2. The third-order valence-corrected chi connectivity index (χ3v) is 6.37. The van der Waals surface area contributed by atoms with Crippen molar-refractivity contribution < 1.29 is 9.59 Å². The normalized spacial score (nSPS) is 10.6. The van der Waals surface area contributed by atoms with Gasteiger partial charge in [-0.1, -0.05) is 18.2 Å². The van der Waals surface area contributed by atoms with E-state index in [4.69, 9.17) is 0 Å². The average Bonchev–Trinajstić information content (AvgIpc) is 3.25. The van der Waals surface area contributed by atoms with Crippen LogP contribution in [0, 0.1) is 13.8 Å². The second kappa shape index (κ2) is 8.11. The molecule has 0 atom stereocenters. The lowest BCUT2D eigenvalue weighted by molar-refractivity contribution is -0.115. The number of carbonyl (C=O) groups excluding carboxylic acids is 2. The number of rotatable bonds is 5. The predicted molar refractivity (Wildman–Crippen MR) is 110 cm³/mol. The van der Waals surface area contributed by atoms with E-state index in [0.29, 0.717) is 5.69 Å². The summed E-state index contributed by atoms with van der Waals surface area (Å²) in [5, 5.41) is 9.91. The molecule has 0 saturated carbocycles. The third kappa shape index (κ3) is 4.38. The van der Waals surface area contributed by atoms with Crippen LogP contribution in [-0.2, 0) is 4.79 Å². The quantitative estimate of drug-likeness (QED) is 0.596. The largest absolute Gasteiger partial charge is 0.342 e. The van der Waals surface area contributed by atoms with Crippen LogP contribution in [0.15, 0.2) is 39.5 Å². The Morgan fingerprint density at radius 2 is 1.88 bits per heavy atom. The van der Waals surface area contributed by atoms with Crippen molar-refractivity contribution in [3.05, 3.63) is 56.3 Å². The van der Waals surface area contributed by atoms with E-state index >= 15 is 0 Å². The number of para-hydroxylation sites is 1. The number of aromatic nitrogens is 1. The van der Waals surface area contributed by atoms with Crippen LogP contribution in [0.2, 0.25) is 0 Å². The summed E-state index contributed by atoms with van der Waals surface area (Å²) in [5.41, 5.74) is 3.06. The Morgan fingerprint density at radius 3 is 2.54 bits per heavy atom. The van der Waals surface area contributed by atoms with Crippen molar-refractivity contribution in [2.45, 2.75) is 13.8 Å². The van der Waals surface area contributed by atoms with Crippen molar-refractivity contribution >= 4 is 56.1 Å². The van der Waals surface area contributed by atoms with Gasteiger partial charge in [0.05, 0.1) is 11.4 Å². The molecule has 0 saturated heterocycles. The molecule has 134 valence electrons. The van der Waals surface area contributed by atoms with Crippen LogP contribution in [0.3, 0.4) is 0 Å². The first-order chi connectivity index (χ1) is 12.4. The number of hydrogen-bond acceptors (Lipinski definition) is 5. The maximum Gasteiger partial charge on any atom is 0.271 e. The van der Waals surface area contributed by atoms with Gasteiger partial charge in [-0.15, -0.1) is 22.7 Å². The van der Waals surface area contributed by atoms with Gasteiger partial charge in [-0.3, -0.25) is 9.59 Å². The summed E-state index contributed by atoms with van der Waals surface area (Å²) in [7, 11) is 0. The van der Waals surface area contributed by atoms with E-state index < -0.39 is 0 Å². The highest BCUT2D eigenvalue weighted by Crippen LogP contribution is 2.31.